The highest BCUT2D eigenvalue weighted by Gasteiger charge is 2.28. The second-order valence-corrected chi connectivity index (χ2v) is 8.43. The van der Waals surface area contributed by atoms with Crippen molar-refractivity contribution in [3.8, 4) is 11.4 Å². The van der Waals surface area contributed by atoms with Crippen molar-refractivity contribution in [2.45, 2.75) is 33.1 Å². The molecule has 9 nitrogen and oxygen atoms in total. The highest BCUT2D eigenvalue weighted by Crippen LogP contribution is 2.31. The molecule has 0 aliphatic carbocycles. The van der Waals surface area contributed by atoms with E-state index in [4.69, 9.17) is 14.6 Å². The van der Waals surface area contributed by atoms with Crippen LogP contribution in [0, 0.1) is 19.8 Å². The average molecular weight is 453 g/mol. The highest BCUT2D eigenvalue weighted by atomic mass is 16.5. The van der Waals surface area contributed by atoms with Crippen LogP contribution in [0.15, 0.2) is 24.3 Å². The third kappa shape index (κ3) is 4.78. The fraction of sp³-hybridized carbons (Fsp3) is 0.500. The molecule has 0 atom stereocenters. The first kappa shape index (κ1) is 23.0. The Kier molecular flexibility index (Phi) is 7.08. The molecule has 3 aromatic rings. The van der Waals surface area contributed by atoms with Crippen molar-refractivity contribution in [3.63, 3.8) is 0 Å². The lowest BCUT2D eigenvalue weighted by atomic mass is 9.95. The van der Waals surface area contributed by atoms with Gasteiger partial charge in [0.25, 0.3) is 0 Å². The molecule has 2 aromatic heterocycles. The molecule has 0 radical (unpaired) electrons. The topological polar surface area (TPSA) is 94.4 Å². The van der Waals surface area contributed by atoms with Gasteiger partial charge in [-0.05, 0) is 57.4 Å². The van der Waals surface area contributed by atoms with Gasteiger partial charge in [-0.15, -0.1) is 5.10 Å². The number of hydrogen-bond donors (Lipinski definition) is 1. The number of benzene rings is 1. The molecule has 0 unspecified atom stereocenters. The van der Waals surface area contributed by atoms with Crippen LogP contribution in [0.4, 0.5) is 5.82 Å². The van der Waals surface area contributed by atoms with Crippen molar-refractivity contribution in [3.05, 3.63) is 35.7 Å². The van der Waals surface area contributed by atoms with Gasteiger partial charge in [-0.2, -0.15) is 10.2 Å². The van der Waals surface area contributed by atoms with Crippen molar-refractivity contribution in [1.29, 1.82) is 0 Å². The summed E-state index contributed by atoms with van der Waals surface area (Å²) in [5.74, 6) is 1.74. The monoisotopic (exact) mass is 452 g/mol. The van der Waals surface area contributed by atoms with Crippen LogP contribution >= 0.6 is 0 Å². The Bertz CT molecular complexity index is 1100. The molecule has 0 saturated carbocycles. The zero-order valence-electron chi connectivity index (χ0n) is 19.8. The Morgan fingerprint density at radius 2 is 1.85 bits per heavy atom. The number of carbonyl (C=O) groups excluding carboxylic acids is 1. The fourth-order valence-electron chi connectivity index (χ4n) is 4.43. The van der Waals surface area contributed by atoms with Crippen molar-refractivity contribution in [1.82, 2.24) is 25.3 Å². The maximum atomic E-state index is 12.5. The molecule has 4 rings (SSSR count). The molecule has 1 saturated heterocycles. The Balaban J connectivity index is 1.53. The lowest BCUT2D eigenvalue weighted by Gasteiger charge is -2.32. The first-order chi connectivity index (χ1) is 16.0. The molecule has 0 bridgehead atoms. The number of nitrogens with zero attached hydrogens (tertiary/aromatic N) is 5. The van der Waals surface area contributed by atoms with Gasteiger partial charge in [0.1, 0.15) is 11.3 Å². The number of aryl methyl sites for hydroxylation is 2. The summed E-state index contributed by atoms with van der Waals surface area (Å²) >= 11 is 0. The van der Waals surface area contributed by atoms with Crippen LogP contribution in [-0.4, -0.2) is 66.3 Å². The van der Waals surface area contributed by atoms with Crippen molar-refractivity contribution < 1.29 is 14.3 Å². The minimum atomic E-state index is 0.0243. The largest absolute Gasteiger partial charge is 0.497 e. The number of anilines is 1. The number of ether oxygens (including phenoxy) is 2. The van der Waals surface area contributed by atoms with Gasteiger partial charge in [-0.1, -0.05) is 0 Å². The quantitative estimate of drug-likeness (QED) is 0.525. The number of aromatic nitrogens is 4. The Morgan fingerprint density at radius 1 is 1.12 bits per heavy atom. The van der Waals surface area contributed by atoms with Crippen LogP contribution < -0.4 is 15.0 Å². The zero-order valence-corrected chi connectivity index (χ0v) is 19.8. The molecule has 0 spiro atoms. The van der Waals surface area contributed by atoms with Crippen LogP contribution in [-0.2, 0) is 9.53 Å². The van der Waals surface area contributed by atoms with E-state index >= 15 is 0 Å². The number of methoxy groups -OCH3 is 2. The first-order valence-corrected chi connectivity index (χ1v) is 11.4. The summed E-state index contributed by atoms with van der Waals surface area (Å²) < 4.78 is 12.3. The van der Waals surface area contributed by atoms with Gasteiger partial charge in [0.15, 0.2) is 5.82 Å². The smallest absolute Gasteiger partial charge is 0.223 e. The molecular formula is C24H32N6O3. The number of carbonyl (C=O) groups is 1. The van der Waals surface area contributed by atoms with E-state index in [2.05, 4.69) is 27.3 Å². The number of amides is 1. The lowest BCUT2D eigenvalue weighted by molar-refractivity contribution is -0.125. The van der Waals surface area contributed by atoms with Crippen LogP contribution in [0.3, 0.4) is 0 Å². The second-order valence-electron chi connectivity index (χ2n) is 8.43. The van der Waals surface area contributed by atoms with Gasteiger partial charge in [0, 0.05) is 39.3 Å². The van der Waals surface area contributed by atoms with E-state index in [0.717, 1.165) is 71.9 Å². The average Bonchev–Trinajstić information content (AvgIpc) is 3.20. The predicted molar refractivity (Wildman–Crippen MR) is 127 cm³/mol. The maximum absolute atomic E-state index is 12.5. The molecule has 9 heteroatoms. The minimum absolute atomic E-state index is 0.0243. The summed E-state index contributed by atoms with van der Waals surface area (Å²) in [6, 6.07) is 7.83. The number of fused-ring (bicyclic) bond motifs is 1. The minimum Gasteiger partial charge on any atom is -0.497 e. The van der Waals surface area contributed by atoms with Gasteiger partial charge in [-0.25, -0.2) is 4.68 Å². The highest BCUT2D eigenvalue weighted by molar-refractivity contribution is 5.92. The van der Waals surface area contributed by atoms with E-state index in [-0.39, 0.29) is 11.8 Å². The molecule has 176 valence electrons. The van der Waals surface area contributed by atoms with Crippen molar-refractivity contribution >= 4 is 22.6 Å². The number of piperidine rings is 1. The van der Waals surface area contributed by atoms with E-state index in [1.165, 1.54) is 0 Å². The van der Waals surface area contributed by atoms with Crippen LogP contribution in [0.25, 0.3) is 16.6 Å². The molecule has 1 fully saturated rings. The molecule has 1 aliphatic heterocycles. The molecule has 1 aliphatic rings. The van der Waals surface area contributed by atoms with Crippen molar-refractivity contribution in [2.75, 3.05) is 45.4 Å². The summed E-state index contributed by atoms with van der Waals surface area (Å²) in [5, 5.41) is 17.9. The number of rotatable bonds is 8. The Hall–Kier alpha value is -3.20. The summed E-state index contributed by atoms with van der Waals surface area (Å²) in [4.78, 5) is 14.7. The van der Waals surface area contributed by atoms with Gasteiger partial charge in [0.2, 0.25) is 5.91 Å². The fourth-order valence-corrected chi connectivity index (χ4v) is 4.43. The summed E-state index contributed by atoms with van der Waals surface area (Å²) in [6.45, 7) is 6.82. The molecular weight excluding hydrogens is 420 g/mol. The van der Waals surface area contributed by atoms with E-state index in [1.807, 2.05) is 35.9 Å². The van der Waals surface area contributed by atoms with Gasteiger partial charge < -0.3 is 19.7 Å². The lowest BCUT2D eigenvalue weighted by Crippen LogP contribution is -2.41. The number of nitrogens with one attached hydrogen (secondary N) is 1. The molecule has 1 N–H and O–H groups in total. The molecule has 1 aromatic carbocycles. The Labute approximate surface area is 194 Å². The molecule has 1 amide bonds. The predicted octanol–water partition coefficient (Wildman–Crippen LogP) is 2.81. The van der Waals surface area contributed by atoms with E-state index in [9.17, 15) is 4.79 Å². The van der Waals surface area contributed by atoms with E-state index in [1.54, 1.807) is 14.2 Å². The normalized spacial score (nSPS) is 14.6. The molecule has 33 heavy (non-hydrogen) atoms. The Morgan fingerprint density at radius 3 is 2.52 bits per heavy atom. The van der Waals surface area contributed by atoms with Gasteiger partial charge in [-0.3, -0.25) is 4.79 Å². The number of hydrogen-bond acceptors (Lipinski definition) is 7. The van der Waals surface area contributed by atoms with Gasteiger partial charge in [0.05, 0.1) is 29.6 Å². The summed E-state index contributed by atoms with van der Waals surface area (Å²) in [6.07, 6.45) is 2.39. The first-order valence-electron chi connectivity index (χ1n) is 11.4. The standard InChI is InChI=1S/C24H32N6O3/c1-16-21-17(2)30(19-6-8-20(33-4)9-7-19)28-22(21)23(27-26-16)29-13-10-18(11-14-29)24(31)25-12-5-15-32-3/h6-9,18H,5,10-15H2,1-4H3,(H,25,31). The van der Waals surface area contributed by atoms with E-state index < -0.39 is 0 Å². The zero-order chi connectivity index (χ0) is 23.4. The third-order valence-corrected chi connectivity index (χ3v) is 6.29. The third-order valence-electron chi connectivity index (χ3n) is 6.29. The SMILES string of the molecule is COCCCNC(=O)C1CCN(c2nnc(C)c3c(C)n(-c4ccc(OC)cc4)nc23)CC1. The van der Waals surface area contributed by atoms with Gasteiger partial charge >= 0.3 is 0 Å². The summed E-state index contributed by atoms with van der Waals surface area (Å²) in [5.41, 5.74) is 3.68. The van der Waals surface area contributed by atoms with Crippen LogP contribution in [0.5, 0.6) is 5.75 Å². The van der Waals surface area contributed by atoms with Crippen molar-refractivity contribution in [2.24, 2.45) is 5.92 Å². The van der Waals surface area contributed by atoms with Crippen LogP contribution in [0.2, 0.25) is 0 Å². The maximum Gasteiger partial charge on any atom is 0.223 e. The summed E-state index contributed by atoms with van der Waals surface area (Å²) in [7, 11) is 3.33. The van der Waals surface area contributed by atoms with E-state index in [0.29, 0.717) is 13.2 Å². The molecule has 3 heterocycles. The van der Waals surface area contributed by atoms with Crippen LogP contribution in [0.1, 0.15) is 30.7 Å². The second kappa shape index (κ2) is 10.2.